The third-order valence-electron chi connectivity index (χ3n) is 4.99. The molecule has 1 heterocycles. The fraction of sp³-hybridized carbons (Fsp3) is 0.364. The fourth-order valence-corrected chi connectivity index (χ4v) is 3.54. The molecule has 0 aromatic heterocycles. The molecule has 1 aliphatic rings. The van der Waals surface area contributed by atoms with Crippen molar-refractivity contribution < 1.29 is 19.1 Å². The van der Waals surface area contributed by atoms with Crippen LogP contribution in [0.5, 0.6) is 11.5 Å². The molecule has 0 saturated carbocycles. The third kappa shape index (κ3) is 5.06. The lowest BCUT2D eigenvalue weighted by atomic mass is 9.99. The zero-order valence-corrected chi connectivity index (χ0v) is 17.1. The van der Waals surface area contributed by atoms with Gasteiger partial charge in [-0.05, 0) is 41.8 Å². The van der Waals surface area contributed by atoms with Crippen molar-refractivity contribution in [3.05, 3.63) is 53.1 Å². The lowest BCUT2D eigenvalue weighted by Crippen LogP contribution is -2.38. The highest BCUT2D eigenvalue weighted by Gasteiger charge is 2.19. The van der Waals surface area contributed by atoms with E-state index < -0.39 is 0 Å². The SMILES string of the molecule is COc1cc2c(cc1OC)CN(CCNC(=O)c1ccccc1NC(C)=O)CC2. The Hall–Kier alpha value is -3.06. The minimum atomic E-state index is -0.204. The number of carbonyl (C=O) groups is 2. The maximum absolute atomic E-state index is 12.5. The molecule has 0 spiro atoms. The van der Waals surface area contributed by atoms with Crippen LogP contribution < -0.4 is 20.1 Å². The summed E-state index contributed by atoms with van der Waals surface area (Å²) in [6.07, 6.45) is 0.926. The van der Waals surface area contributed by atoms with Crippen molar-refractivity contribution in [1.82, 2.24) is 10.2 Å². The standard InChI is InChI=1S/C22H27N3O4/c1-15(26)24-19-7-5-4-6-18(19)22(27)23-9-11-25-10-8-16-12-20(28-2)21(29-3)13-17(16)14-25/h4-7,12-13H,8-11,14H2,1-3H3,(H,23,27)(H,24,26). The molecular formula is C22H27N3O4. The summed E-state index contributed by atoms with van der Waals surface area (Å²) in [6.45, 7) is 4.40. The Morgan fingerprint density at radius 1 is 1.07 bits per heavy atom. The van der Waals surface area contributed by atoms with Gasteiger partial charge in [0.2, 0.25) is 5.91 Å². The molecule has 0 atom stereocenters. The molecule has 0 saturated heterocycles. The van der Waals surface area contributed by atoms with Gasteiger partial charge >= 0.3 is 0 Å². The van der Waals surface area contributed by atoms with Crippen molar-refractivity contribution >= 4 is 17.5 Å². The number of hydrogen-bond acceptors (Lipinski definition) is 5. The first-order valence-corrected chi connectivity index (χ1v) is 9.62. The molecule has 2 N–H and O–H groups in total. The van der Waals surface area contributed by atoms with Gasteiger partial charge in [-0.1, -0.05) is 12.1 Å². The molecule has 7 nitrogen and oxygen atoms in total. The van der Waals surface area contributed by atoms with Gasteiger partial charge in [0.05, 0.1) is 25.5 Å². The van der Waals surface area contributed by atoms with Gasteiger partial charge in [-0.2, -0.15) is 0 Å². The first-order chi connectivity index (χ1) is 14.0. The smallest absolute Gasteiger partial charge is 0.253 e. The van der Waals surface area contributed by atoms with Crippen molar-refractivity contribution in [2.75, 3.05) is 39.2 Å². The van der Waals surface area contributed by atoms with Crippen molar-refractivity contribution in [3.8, 4) is 11.5 Å². The molecule has 2 amide bonds. The Labute approximate surface area is 171 Å². The van der Waals surface area contributed by atoms with E-state index in [9.17, 15) is 9.59 Å². The second-order valence-electron chi connectivity index (χ2n) is 6.98. The highest BCUT2D eigenvalue weighted by molar-refractivity contribution is 6.03. The Morgan fingerprint density at radius 3 is 2.45 bits per heavy atom. The van der Waals surface area contributed by atoms with E-state index in [1.54, 1.807) is 38.5 Å². The van der Waals surface area contributed by atoms with E-state index in [0.29, 0.717) is 17.8 Å². The van der Waals surface area contributed by atoms with Crippen LogP contribution in [0.3, 0.4) is 0 Å². The Bertz CT molecular complexity index is 898. The van der Waals surface area contributed by atoms with E-state index in [4.69, 9.17) is 9.47 Å². The minimum Gasteiger partial charge on any atom is -0.493 e. The van der Waals surface area contributed by atoms with Crippen LogP contribution in [0.4, 0.5) is 5.69 Å². The average Bonchev–Trinajstić information content (AvgIpc) is 2.72. The molecule has 0 radical (unpaired) electrons. The monoisotopic (exact) mass is 397 g/mol. The number of hydrogen-bond donors (Lipinski definition) is 2. The molecule has 0 aliphatic carbocycles. The van der Waals surface area contributed by atoms with Crippen LogP contribution in [0.25, 0.3) is 0 Å². The number of ether oxygens (including phenoxy) is 2. The summed E-state index contributed by atoms with van der Waals surface area (Å²) in [5.74, 6) is 1.09. The number of rotatable bonds is 7. The van der Waals surface area contributed by atoms with Gasteiger partial charge in [-0.25, -0.2) is 0 Å². The molecule has 2 aromatic rings. The summed E-state index contributed by atoms with van der Waals surface area (Å²) in [5, 5.41) is 5.64. The molecule has 3 rings (SSSR count). The predicted molar refractivity (Wildman–Crippen MR) is 112 cm³/mol. The number of benzene rings is 2. The van der Waals surface area contributed by atoms with Gasteiger partial charge < -0.3 is 20.1 Å². The van der Waals surface area contributed by atoms with Crippen molar-refractivity contribution in [2.45, 2.75) is 19.9 Å². The van der Waals surface area contributed by atoms with Crippen LogP contribution in [-0.4, -0.2) is 50.6 Å². The van der Waals surface area contributed by atoms with Crippen LogP contribution in [0.1, 0.15) is 28.4 Å². The fourth-order valence-electron chi connectivity index (χ4n) is 3.54. The van der Waals surface area contributed by atoms with Crippen LogP contribution in [-0.2, 0) is 17.8 Å². The van der Waals surface area contributed by atoms with Crippen LogP contribution in [0.15, 0.2) is 36.4 Å². The predicted octanol–water partition coefficient (Wildman–Crippen LogP) is 2.45. The lowest BCUT2D eigenvalue weighted by molar-refractivity contribution is -0.114. The summed E-state index contributed by atoms with van der Waals surface area (Å²) < 4.78 is 10.8. The highest BCUT2D eigenvalue weighted by atomic mass is 16.5. The maximum Gasteiger partial charge on any atom is 0.253 e. The van der Waals surface area contributed by atoms with Crippen molar-refractivity contribution in [2.24, 2.45) is 0 Å². The van der Waals surface area contributed by atoms with Gasteiger partial charge in [-0.15, -0.1) is 0 Å². The molecule has 154 valence electrons. The summed E-state index contributed by atoms with van der Waals surface area (Å²) in [5.41, 5.74) is 3.47. The molecule has 0 fully saturated rings. The van der Waals surface area contributed by atoms with E-state index >= 15 is 0 Å². The molecule has 2 aromatic carbocycles. The van der Waals surface area contributed by atoms with E-state index in [1.165, 1.54) is 18.1 Å². The molecule has 7 heteroatoms. The van der Waals surface area contributed by atoms with Gasteiger partial charge in [-0.3, -0.25) is 14.5 Å². The number of carbonyl (C=O) groups excluding carboxylic acids is 2. The number of amides is 2. The first kappa shape index (κ1) is 20.7. The van der Waals surface area contributed by atoms with Crippen LogP contribution in [0, 0.1) is 0 Å². The number of anilines is 1. The molecule has 1 aliphatic heterocycles. The quantitative estimate of drug-likeness (QED) is 0.750. The van der Waals surface area contributed by atoms with E-state index in [2.05, 4.69) is 15.5 Å². The number of methoxy groups -OCH3 is 2. The zero-order chi connectivity index (χ0) is 20.8. The minimum absolute atomic E-state index is 0.196. The summed E-state index contributed by atoms with van der Waals surface area (Å²) in [4.78, 5) is 26.2. The molecule has 0 bridgehead atoms. The zero-order valence-electron chi connectivity index (χ0n) is 17.1. The Balaban J connectivity index is 1.57. The van der Waals surface area contributed by atoms with E-state index in [-0.39, 0.29) is 11.8 Å². The molecular weight excluding hydrogens is 370 g/mol. The first-order valence-electron chi connectivity index (χ1n) is 9.62. The summed E-state index contributed by atoms with van der Waals surface area (Å²) in [7, 11) is 3.28. The highest BCUT2D eigenvalue weighted by Crippen LogP contribution is 2.33. The average molecular weight is 397 g/mol. The second kappa shape index (κ2) is 9.43. The Morgan fingerprint density at radius 2 is 1.76 bits per heavy atom. The van der Waals surface area contributed by atoms with E-state index in [1.807, 2.05) is 12.1 Å². The number of fused-ring (bicyclic) bond motifs is 1. The van der Waals surface area contributed by atoms with E-state index in [0.717, 1.165) is 37.6 Å². The summed E-state index contributed by atoms with van der Waals surface area (Å²) >= 11 is 0. The largest absolute Gasteiger partial charge is 0.493 e. The van der Waals surface area contributed by atoms with Gasteiger partial charge in [0.1, 0.15) is 0 Å². The van der Waals surface area contributed by atoms with Crippen molar-refractivity contribution in [1.29, 1.82) is 0 Å². The van der Waals surface area contributed by atoms with Gasteiger partial charge in [0.15, 0.2) is 11.5 Å². The van der Waals surface area contributed by atoms with Gasteiger partial charge in [0.25, 0.3) is 5.91 Å². The molecule has 29 heavy (non-hydrogen) atoms. The summed E-state index contributed by atoms with van der Waals surface area (Å²) in [6, 6.07) is 11.1. The molecule has 0 unspecified atom stereocenters. The number of para-hydroxylation sites is 1. The lowest BCUT2D eigenvalue weighted by Gasteiger charge is -2.29. The third-order valence-corrected chi connectivity index (χ3v) is 4.99. The number of nitrogens with zero attached hydrogens (tertiary/aromatic N) is 1. The van der Waals surface area contributed by atoms with Crippen LogP contribution in [0.2, 0.25) is 0 Å². The van der Waals surface area contributed by atoms with Gasteiger partial charge in [0, 0.05) is 33.1 Å². The maximum atomic E-state index is 12.5. The normalized spacial score (nSPS) is 13.3. The number of nitrogens with one attached hydrogen (secondary N) is 2. The second-order valence-corrected chi connectivity index (χ2v) is 6.98. The van der Waals surface area contributed by atoms with Crippen molar-refractivity contribution in [3.63, 3.8) is 0 Å². The Kier molecular flexibility index (Phi) is 6.72. The topological polar surface area (TPSA) is 79.9 Å². The van der Waals surface area contributed by atoms with Crippen LogP contribution >= 0.6 is 0 Å².